The number of carbonyl (C=O) groups is 1. The topological polar surface area (TPSA) is 49.3 Å². The van der Waals surface area contributed by atoms with Crippen LogP contribution in [0.3, 0.4) is 0 Å². The van der Waals surface area contributed by atoms with Gasteiger partial charge in [-0.3, -0.25) is 4.79 Å². The van der Waals surface area contributed by atoms with Crippen LogP contribution in [0.25, 0.3) is 0 Å². The van der Waals surface area contributed by atoms with E-state index >= 15 is 0 Å². The quantitative estimate of drug-likeness (QED) is 0.634. The highest BCUT2D eigenvalue weighted by Gasteiger charge is 2.04. The van der Waals surface area contributed by atoms with E-state index in [1.165, 1.54) is 6.07 Å². The molecular formula is C6H7NO2S. The lowest BCUT2D eigenvalue weighted by atomic mass is 10.4. The van der Waals surface area contributed by atoms with E-state index in [2.05, 4.69) is 5.32 Å². The van der Waals surface area contributed by atoms with E-state index in [9.17, 15) is 4.79 Å². The van der Waals surface area contributed by atoms with Crippen molar-refractivity contribution < 1.29 is 9.90 Å². The van der Waals surface area contributed by atoms with Crippen molar-refractivity contribution in [3.05, 3.63) is 17.0 Å². The highest BCUT2D eigenvalue weighted by atomic mass is 32.1. The number of rotatable bonds is 1. The van der Waals surface area contributed by atoms with Gasteiger partial charge in [-0.05, 0) is 12.1 Å². The highest BCUT2D eigenvalue weighted by molar-refractivity contribution is 7.15. The Morgan fingerprint density at radius 2 is 2.40 bits per heavy atom. The first-order valence-corrected chi connectivity index (χ1v) is 3.56. The van der Waals surface area contributed by atoms with E-state index in [1.807, 2.05) is 0 Å². The zero-order chi connectivity index (χ0) is 7.56. The summed E-state index contributed by atoms with van der Waals surface area (Å²) in [4.78, 5) is 11.3. The molecule has 1 aromatic rings. The second kappa shape index (κ2) is 2.70. The van der Waals surface area contributed by atoms with Gasteiger partial charge in [-0.25, -0.2) is 0 Å². The predicted molar refractivity (Wildman–Crippen MR) is 39.4 cm³/mol. The minimum Gasteiger partial charge on any atom is -0.499 e. The molecule has 0 aromatic carbocycles. The summed E-state index contributed by atoms with van der Waals surface area (Å²) in [6, 6.07) is 3.08. The third kappa shape index (κ3) is 1.27. The molecule has 54 valence electrons. The molecule has 1 aromatic heterocycles. The summed E-state index contributed by atoms with van der Waals surface area (Å²) in [5, 5.41) is 11.5. The van der Waals surface area contributed by atoms with Crippen molar-refractivity contribution in [1.82, 2.24) is 5.32 Å². The summed E-state index contributed by atoms with van der Waals surface area (Å²) in [6.45, 7) is 0. The number of amides is 1. The summed E-state index contributed by atoms with van der Waals surface area (Å²) >= 11 is 1.06. The Balaban J connectivity index is 2.85. The van der Waals surface area contributed by atoms with Crippen LogP contribution in [0.15, 0.2) is 12.1 Å². The molecule has 1 heterocycles. The summed E-state index contributed by atoms with van der Waals surface area (Å²) < 4.78 is 0. The van der Waals surface area contributed by atoms with Gasteiger partial charge in [-0.1, -0.05) is 11.3 Å². The normalized spacial score (nSPS) is 9.30. The maximum absolute atomic E-state index is 10.8. The van der Waals surface area contributed by atoms with Crippen LogP contribution >= 0.6 is 11.3 Å². The molecule has 1 amide bonds. The fourth-order valence-corrected chi connectivity index (χ4v) is 1.27. The predicted octanol–water partition coefficient (Wildman–Crippen LogP) is 0.813. The lowest BCUT2D eigenvalue weighted by Crippen LogP contribution is -2.15. The SMILES string of the molecule is CNC(=O)c1ccc(O)s1. The standard InChI is InChI=1S/C6H7NO2S/c1-7-6(9)4-2-3-5(8)10-4/h2-3,8H,1H3,(H,7,9). The minimum absolute atomic E-state index is 0.162. The van der Waals surface area contributed by atoms with Crippen molar-refractivity contribution in [3.8, 4) is 5.06 Å². The van der Waals surface area contributed by atoms with Gasteiger partial charge in [0.25, 0.3) is 5.91 Å². The molecule has 0 spiro atoms. The minimum atomic E-state index is -0.162. The molecule has 1 rings (SSSR count). The number of nitrogens with one attached hydrogen (secondary N) is 1. The van der Waals surface area contributed by atoms with E-state index in [0.717, 1.165) is 11.3 Å². The number of hydrogen-bond donors (Lipinski definition) is 2. The molecule has 10 heavy (non-hydrogen) atoms. The van der Waals surface area contributed by atoms with Gasteiger partial charge >= 0.3 is 0 Å². The van der Waals surface area contributed by atoms with Crippen LogP contribution in [0.2, 0.25) is 0 Å². The van der Waals surface area contributed by atoms with E-state index in [1.54, 1.807) is 13.1 Å². The van der Waals surface area contributed by atoms with Gasteiger partial charge in [0.05, 0.1) is 4.88 Å². The molecule has 0 unspecified atom stereocenters. The summed E-state index contributed by atoms with van der Waals surface area (Å²) in [7, 11) is 1.55. The van der Waals surface area contributed by atoms with Crippen molar-refractivity contribution in [3.63, 3.8) is 0 Å². The lowest BCUT2D eigenvalue weighted by Gasteiger charge is -1.90. The number of hydrogen-bond acceptors (Lipinski definition) is 3. The molecule has 0 atom stereocenters. The van der Waals surface area contributed by atoms with Gasteiger partial charge in [-0.15, -0.1) is 0 Å². The zero-order valence-electron chi connectivity index (χ0n) is 5.42. The Morgan fingerprint density at radius 3 is 2.80 bits per heavy atom. The summed E-state index contributed by atoms with van der Waals surface area (Å²) in [5.74, 6) is -0.162. The molecule has 0 saturated carbocycles. The molecule has 0 aliphatic carbocycles. The molecular weight excluding hydrogens is 150 g/mol. The Kier molecular flexibility index (Phi) is 1.91. The first-order chi connectivity index (χ1) is 4.74. The van der Waals surface area contributed by atoms with Crippen molar-refractivity contribution in [2.24, 2.45) is 0 Å². The number of thiophene rings is 1. The Labute approximate surface area is 62.3 Å². The summed E-state index contributed by atoms with van der Waals surface area (Å²) in [5.41, 5.74) is 0. The van der Waals surface area contributed by atoms with Gasteiger partial charge in [0.15, 0.2) is 5.06 Å². The van der Waals surface area contributed by atoms with Gasteiger partial charge in [0.2, 0.25) is 0 Å². The van der Waals surface area contributed by atoms with E-state index < -0.39 is 0 Å². The molecule has 4 heteroatoms. The van der Waals surface area contributed by atoms with E-state index in [0.29, 0.717) is 4.88 Å². The van der Waals surface area contributed by atoms with Gasteiger partial charge < -0.3 is 10.4 Å². The van der Waals surface area contributed by atoms with Crippen LogP contribution < -0.4 is 5.32 Å². The molecule has 3 nitrogen and oxygen atoms in total. The zero-order valence-corrected chi connectivity index (χ0v) is 6.23. The number of carbonyl (C=O) groups excluding carboxylic acids is 1. The smallest absolute Gasteiger partial charge is 0.261 e. The van der Waals surface area contributed by atoms with Crippen molar-refractivity contribution in [2.45, 2.75) is 0 Å². The van der Waals surface area contributed by atoms with Crippen LogP contribution in [0, 0.1) is 0 Å². The molecule has 0 aliphatic heterocycles. The van der Waals surface area contributed by atoms with Crippen LogP contribution in [-0.4, -0.2) is 18.1 Å². The monoisotopic (exact) mass is 157 g/mol. The van der Waals surface area contributed by atoms with E-state index in [4.69, 9.17) is 5.11 Å². The Hall–Kier alpha value is -1.03. The first-order valence-electron chi connectivity index (χ1n) is 2.75. The van der Waals surface area contributed by atoms with Crippen LogP contribution in [-0.2, 0) is 0 Å². The van der Waals surface area contributed by atoms with Gasteiger partial charge in [0.1, 0.15) is 0 Å². The van der Waals surface area contributed by atoms with E-state index in [-0.39, 0.29) is 11.0 Å². The van der Waals surface area contributed by atoms with Crippen molar-refractivity contribution >= 4 is 17.2 Å². The second-order valence-corrected chi connectivity index (χ2v) is 2.78. The third-order valence-corrected chi connectivity index (χ3v) is 1.93. The molecule has 0 saturated heterocycles. The Bertz CT molecular complexity index is 244. The fourth-order valence-electron chi connectivity index (χ4n) is 0.573. The largest absolute Gasteiger partial charge is 0.499 e. The third-order valence-electron chi connectivity index (χ3n) is 1.04. The molecule has 0 aliphatic rings. The molecule has 0 bridgehead atoms. The summed E-state index contributed by atoms with van der Waals surface area (Å²) in [6.07, 6.45) is 0. The second-order valence-electron chi connectivity index (χ2n) is 1.72. The molecule has 0 fully saturated rings. The number of aromatic hydroxyl groups is 1. The maximum atomic E-state index is 10.8. The van der Waals surface area contributed by atoms with Crippen LogP contribution in [0.4, 0.5) is 0 Å². The van der Waals surface area contributed by atoms with Gasteiger partial charge in [-0.2, -0.15) is 0 Å². The Morgan fingerprint density at radius 1 is 1.70 bits per heavy atom. The van der Waals surface area contributed by atoms with Crippen LogP contribution in [0.1, 0.15) is 9.67 Å². The average Bonchev–Trinajstić information content (AvgIpc) is 2.34. The first kappa shape index (κ1) is 7.08. The fraction of sp³-hybridized carbons (Fsp3) is 0.167. The maximum Gasteiger partial charge on any atom is 0.261 e. The highest BCUT2D eigenvalue weighted by Crippen LogP contribution is 2.21. The lowest BCUT2D eigenvalue weighted by molar-refractivity contribution is 0.0967. The van der Waals surface area contributed by atoms with Crippen molar-refractivity contribution in [2.75, 3.05) is 7.05 Å². The van der Waals surface area contributed by atoms with Crippen molar-refractivity contribution in [1.29, 1.82) is 0 Å². The average molecular weight is 157 g/mol. The molecule has 2 N–H and O–H groups in total. The molecule has 0 radical (unpaired) electrons. The van der Waals surface area contributed by atoms with Gasteiger partial charge in [0, 0.05) is 7.05 Å². The van der Waals surface area contributed by atoms with Crippen LogP contribution in [0.5, 0.6) is 5.06 Å².